The van der Waals surface area contributed by atoms with Crippen molar-refractivity contribution in [1.29, 1.82) is 0 Å². The van der Waals surface area contributed by atoms with E-state index < -0.39 is 0 Å². The summed E-state index contributed by atoms with van der Waals surface area (Å²) in [5.41, 5.74) is 2.60. The second-order valence-corrected chi connectivity index (χ2v) is 7.18. The lowest BCUT2D eigenvalue weighted by Crippen LogP contribution is -2.42. The number of aromatic nitrogens is 1. The van der Waals surface area contributed by atoms with Gasteiger partial charge in [-0.1, -0.05) is 0 Å². The van der Waals surface area contributed by atoms with Gasteiger partial charge in [-0.05, 0) is 62.2 Å². The van der Waals surface area contributed by atoms with Gasteiger partial charge in [-0.3, -0.25) is 9.78 Å². The molecule has 144 valence electrons. The highest BCUT2D eigenvalue weighted by atomic mass is 19.1. The molecule has 1 saturated heterocycles. The van der Waals surface area contributed by atoms with E-state index in [1.165, 1.54) is 24.3 Å². The zero-order valence-electron chi connectivity index (χ0n) is 15.6. The Kier molecular flexibility index (Phi) is 4.94. The van der Waals surface area contributed by atoms with Gasteiger partial charge in [0.25, 0.3) is 5.91 Å². The Morgan fingerprint density at radius 1 is 1.04 bits per heavy atom. The summed E-state index contributed by atoms with van der Waals surface area (Å²) in [6.07, 6.45) is 1.63. The number of anilines is 1. The fraction of sp³-hybridized carbons (Fsp3) is 0.273. The third kappa shape index (κ3) is 3.81. The molecule has 0 bridgehead atoms. The molecule has 1 amide bonds. The van der Waals surface area contributed by atoms with Gasteiger partial charge in [0, 0.05) is 36.3 Å². The summed E-state index contributed by atoms with van der Waals surface area (Å²) in [5.74, 6) is -0.640. The first kappa shape index (κ1) is 18.3. The molecule has 0 radical (unpaired) electrons. The Balaban J connectivity index is 1.43. The van der Waals surface area contributed by atoms with E-state index >= 15 is 0 Å². The summed E-state index contributed by atoms with van der Waals surface area (Å²) in [6, 6.07) is 12.7. The Bertz CT molecular complexity index is 1010. The van der Waals surface area contributed by atoms with Gasteiger partial charge in [0.15, 0.2) is 0 Å². The maximum absolute atomic E-state index is 13.4. The van der Waals surface area contributed by atoms with Gasteiger partial charge in [0.2, 0.25) is 0 Å². The number of carbonyl (C=O) groups is 1. The zero-order chi connectivity index (χ0) is 19.7. The van der Waals surface area contributed by atoms with Gasteiger partial charge in [-0.15, -0.1) is 0 Å². The number of carbonyl (C=O) groups excluding carboxylic acids is 1. The molecule has 0 saturated carbocycles. The summed E-state index contributed by atoms with van der Waals surface area (Å²) >= 11 is 0. The summed E-state index contributed by atoms with van der Waals surface area (Å²) in [6.45, 7) is 3.05. The third-order valence-corrected chi connectivity index (χ3v) is 5.20. The molecule has 1 aliphatic heterocycles. The van der Waals surface area contributed by atoms with Crippen LogP contribution in [0.4, 0.5) is 14.5 Å². The number of hydrogen-bond donors (Lipinski definition) is 1. The zero-order valence-corrected chi connectivity index (χ0v) is 15.6. The van der Waals surface area contributed by atoms with Crippen LogP contribution in [0, 0.1) is 18.6 Å². The van der Waals surface area contributed by atoms with Crippen molar-refractivity contribution in [1.82, 2.24) is 9.88 Å². The van der Waals surface area contributed by atoms with Crippen LogP contribution in [0.15, 0.2) is 48.5 Å². The van der Waals surface area contributed by atoms with Crippen molar-refractivity contribution >= 4 is 22.5 Å². The van der Waals surface area contributed by atoms with Crippen LogP contribution in [0.2, 0.25) is 0 Å². The molecule has 4 nitrogen and oxygen atoms in total. The van der Waals surface area contributed by atoms with Crippen LogP contribution in [0.1, 0.15) is 28.9 Å². The van der Waals surface area contributed by atoms with Crippen LogP contribution >= 0.6 is 0 Å². The van der Waals surface area contributed by atoms with Crippen molar-refractivity contribution in [3.8, 4) is 0 Å². The number of nitrogens with zero attached hydrogens (tertiary/aromatic N) is 2. The van der Waals surface area contributed by atoms with Gasteiger partial charge >= 0.3 is 0 Å². The van der Waals surface area contributed by atoms with Crippen molar-refractivity contribution in [2.75, 3.05) is 18.4 Å². The molecule has 0 aliphatic carbocycles. The van der Waals surface area contributed by atoms with Crippen molar-refractivity contribution < 1.29 is 13.6 Å². The van der Waals surface area contributed by atoms with E-state index in [0.29, 0.717) is 29.9 Å². The third-order valence-electron chi connectivity index (χ3n) is 5.20. The molecule has 1 N–H and O–H groups in total. The molecule has 1 aromatic heterocycles. The standard InChI is InChI=1S/C22H21F2N3O/c1-14-20(12-15-2-3-17(24)13-21(15)25-14)22(28)27-10-8-19(9-11-27)26-18-6-4-16(23)5-7-18/h2-7,12-13,19,26H,8-11H2,1H3. The van der Waals surface area contributed by atoms with E-state index in [1.807, 2.05) is 4.90 Å². The van der Waals surface area contributed by atoms with Gasteiger partial charge in [-0.25, -0.2) is 8.78 Å². The van der Waals surface area contributed by atoms with Crippen molar-refractivity contribution in [2.45, 2.75) is 25.8 Å². The van der Waals surface area contributed by atoms with Gasteiger partial charge in [-0.2, -0.15) is 0 Å². The second-order valence-electron chi connectivity index (χ2n) is 7.18. The number of nitrogens with one attached hydrogen (secondary N) is 1. The number of aryl methyl sites for hydroxylation is 1. The molecule has 1 fully saturated rings. The minimum atomic E-state index is -0.339. The first-order chi connectivity index (χ1) is 13.5. The van der Waals surface area contributed by atoms with Crippen LogP contribution in [0.25, 0.3) is 10.9 Å². The van der Waals surface area contributed by atoms with E-state index in [-0.39, 0.29) is 23.6 Å². The highest BCUT2D eigenvalue weighted by molar-refractivity contribution is 5.98. The molecular formula is C22H21F2N3O. The minimum Gasteiger partial charge on any atom is -0.382 e. The molecule has 3 aromatic rings. The van der Waals surface area contributed by atoms with Gasteiger partial charge < -0.3 is 10.2 Å². The van der Waals surface area contributed by atoms with E-state index in [4.69, 9.17) is 0 Å². The number of halogens is 2. The number of amides is 1. The highest BCUT2D eigenvalue weighted by Crippen LogP contribution is 2.22. The Morgan fingerprint density at radius 3 is 2.43 bits per heavy atom. The number of piperidine rings is 1. The Hall–Kier alpha value is -3.02. The van der Waals surface area contributed by atoms with Crippen molar-refractivity contribution in [3.05, 3.63) is 71.4 Å². The lowest BCUT2D eigenvalue weighted by Gasteiger charge is -2.33. The Labute approximate surface area is 162 Å². The monoisotopic (exact) mass is 381 g/mol. The number of fused-ring (bicyclic) bond motifs is 1. The molecule has 0 atom stereocenters. The molecule has 0 spiro atoms. The number of rotatable bonds is 3. The molecule has 28 heavy (non-hydrogen) atoms. The molecule has 2 heterocycles. The number of likely N-dealkylation sites (tertiary alicyclic amines) is 1. The van der Waals surface area contributed by atoms with Gasteiger partial charge in [0.1, 0.15) is 11.6 Å². The average Bonchev–Trinajstić information content (AvgIpc) is 2.69. The molecule has 0 unspecified atom stereocenters. The average molecular weight is 381 g/mol. The van der Waals surface area contributed by atoms with Crippen molar-refractivity contribution in [2.24, 2.45) is 0 Å². The molecule has 2 aromatic carbocycles. The number of hydrogen-bond acceptors (Lipinski definition) is 3. The second kappa shape index (κ2) is 7.54. The lowest BCUT2D eigenvalue weighted by atomic mass is 10.0. The molecule has 1 aliphatic rings. The SMILES string of the molecule is Cc1nc2cc(F)ccc2cc1C(=O)N1CCC(Nc2ccc(F)cc2)CC1. The van der Waals surface area contributed by atoms with E-state index in [0.717, 1.165) is 23.9 Å². The normalized spacial score (nSPS) is 15.0. The van der Waals surface area contributed by atoms with Crippen LogP contribution in [0.5, 0.6) is 0 Å². The summed E-state index contributed by atoms with van der Waals surface area (Å²) in [5, 5.41) is 4.15. The molecule has 6 heteroatoms. The first-order valence-electron chi connectivity index (χ1n) is 9.38. The van der Waals surface area contributed by atoms with Crippen molar-refractivity contribution in [3.63, 3.8) is 0 Å². The molecular weight excluding hydrogens is 360 g/mol. The van der Waals surface area contributed by atoms with Crippen LogP contribution in [0.3, 0.4) is 0 Å². The highest BCUT2D eigenvalue weighted by Gasteiger charge is 2.25. The van der Waals surface area contributed by atoms with Crippen LogP contribution in [-0.4, -0.2) is 34.9 Å². The van der Waals surface area contributed by atoms with E-state index in [9.17, 15) is 13.6 Å². The van der Waals surface area contributed by atoms with E-state index in [2.05, 4.69) is 10.3 Å². The Morgan fingerprint density at radius 2 is 1.71 bits per heavy atom. The summed E-state index contributed by atoms with van der Waals surface area (Å²) in [4.78, 5) is 19.2. The number of benzene rings is 2. The fourth-order valence-corrected chi connectivity index (χ4v) is 3.63. The first-order valence-corrected chi connectivity index (χ1v) is 9.38. The summed E-state index contributed by atoms with van der Waals surface area (Å²) < 4.78 is 26.4. The molecule has 4 rings (SSSR count). The van der Waals surface area contributed by atoms with Crippen LogP contribution in [-0.2, 0) is 0 Å². The topological polar surface area (TPSA) is 45.2 Å². The lowest BCUT2D eigenvalue weighted by molar-refractivity contribution is 0.0717. The predicted molar refractivity (Wildman–Crippen MR) is 105 cm³/mol. The minimum absolute atomic E-state index is 0.0449. The smallest absolute Gasteiger partial charge is 0.255 e. The van der Waals surface area contributed by atoms with Crippen LogP contribution < -0.4 is 5.32 Å². The maximum Gasteiger partial charge on any atom is 0.255 e. The largest absolute Gasteiger partial charge is 0.382 e. The quantitative estimate of drug-likeness (QED) is 0.725. The summed E-state index contributed by atoms with van der Waals surface area (Å²) in [7, 11) is 0. The maximum atomic E-state index is 13.4. The van der Waals surface area contributed by atoms with Gasteiger partial charge in [0.05, 0.1) is 16.8 Å². The number of pyridine rings is 1. The predicted octanol–water partition coefficient (Wildman–Crippen LogP) is 4.54. The van der Waals surface area contributed by atoms with E-state index in [1.54, 1.807) is 31.2 Å². The fourth-order valence-electron chi connectivity index (χ4n) is 3.63.